The fourth-order valence-electron chi connectivity index (χ4n) is 2.32. The molecule has 0 unspecified atom stereocenters. The van der Waals surface area contributed by atoms with E-state index in [1.54, 1.807) is 18.2 Å². The van der Waals surface area contributed by atoms with E-state index < -0.39 is 18.5 Å². The molecule has 136 valence electrons. The first-order valence-corrected chi connectivity index (χ1v) is 7.76. The molecule has 1 heterocycles. The number of hydrogen-bond acceptors (Lipinski definition) is 7. The lowest BCUT2D eigenvalue weighted by atomic mass is 10.2. The highest BCUT2D eigenvalue weighted by Gasteiger charge is 2.16. The third-order valence-corrected chi connectivity index (χ3v) is 3.69. The Kier molecular flexibility index (Phi) is 5.12. The van der Waals surface area contributed by atoms with Crippen molar-refractivity contribution in [2.45, 2.75) is 6.54 Å². The number of phenolic OH excluding ortho intramolecular Hbond substituents is 1. The lowest BCUT2D eigenvalue weighted by Crippen LogP contribution is -2.28. The highest BCUT2D eigenvalue weighted by molar-refractivity contribution is 5.94. The van der Waals surface area contributed by atoms with Gasteiger partial charge in [0.25, 0.3) is 5.91 Å². The van der Waals surface area contributed by atoms with Crippen LogP contribution in [0.15, 0.2) is 36.4 Å². The van der Waals surface area contributed by atoms with Crippen molar-refractivity contribution >= 4 is 11.9 Å². The largest absolute Gasteiger partial charge is 0.507 e. The zero-order valence-corrected chi connectivity index (χ0v) is 14.0. The number of rotatable bonds is 6. The molecule has 0 saturated carbocycles. The van der Waals surface area contributed by atoms with Crippen LogP contribution in [0, 0.1) is 0 Å². The molecule has 8 nitrogen and oxygen atoms in total. The molecule has 0 atom stereocenters. The van der Waals surface area contributed by atoms with E-state index in [2.05, 4.69) is 5.32 Å². The van der Waals surface area contributed by atoms with E-state index in [0.717, 1.165) is 5.56 Å². The number of carbonyl (C=O) groups is 2. The van der Waals surface area contributed by atoms with E-state index in [-0.39, 0.29) is 24.7 Å². The van der Waals surface area contributed by atoms with Gasteiger partial charge in [0.15, 0.2) is 18.1 Å². The van der Waals surface area contributed by atoms with Crippen LogP contribution in [0.3, 0.4) is 0 Å². The molecule has 0 bridgehead atoms. The number of carbonyl (C=O) groups excluding carboxylic acids is 2. The van der Waals surface area contributed by atoms with Crippen LogP contribution in [0.1, 0.15) is 15.9 Å². The van der Waals surface area contributed by atoms with Crippen LogP contribution in [-0.4, -0.2) is 37.5 Å². The maximum Gasteiger partial charge on any atom is 0.342 e. The molecular formula is C18H17NO7. The summed E-state index contributed by atoms with van der Waals surface area (Å²) in [6.45, 7) is -0.0328. The van der Waals surface area contributed by atoms with Gasteiger partial charge in [-0.3, -0.25) is 4.79 Å². The second kappa shape index (κ2) is 7.64. The van der Waals surface area contributed by atoms with Gasteiger partial charge in [-0.2, -0.15) is 0 Å². The quantitative estimate of drug-likeness (QED) is 0.755. The molecule has 8 heteroatoms. The predicted molar refractivity (Wildman–Crippen MR) is 89.4 cm³/mol. The van der Waals surface area contributed by atoms with E-state index >= 15 is 0 Å². The molecule has 2 aromatic carbocycles. The number of benzene rings is 2. The van der Waals surface area contributed by atoms with Gasteiger partial charge in [0, 0.05) is 12.6 Å². The minimum Gasteiger partial charge on any atom is -0.507 e. The molecular weight excluding hydrogens is 342 g/mol. The Morgan fingerprint density at radius 1 is 1.15 bits per heavy atom. The van der Waals surface area contributed by atoms with Crippen LogP contribution >= 0.6 is 0 Å². The zero-order valence-electron chi connectivity index (χ0n) is 14.0. The van der Waals surface area contributed by atoms with Crippen molar-refractivity contribution in [1.82, 2.24) is 5.32 Å². The van der Waals surface area contributed by atoms with Crippen molar-refractivity contribution in [2.75, 3.05) is 20.5 Å². The van der Waals surface area contributed by atoms with Crippen molar-refractivity contribution < 1.29 is 33.6 Å². The zero-order chi connectivity index (χ0) is 18.5. The predicted octanol–water partition coefficient (Wildman–Crippen LogP) is 1.60. The van der Waals surface area contributed by atoms with Gasteiger partial charge in [-0.1, -0.05) is 6.07 Å². The Hall–Kier alpha value is -3.42. The molecule has 2 N–H and O–H groups in total. The summed E-state index contributed by atoms with van der Waals surface area (Å²) in [5.74, 6) is 0.134. The van der Waals surface area contributed by atoms with Crippen molar-refractivity contribution in [2.24, 2.45) is 0 Å². The molecule has 0 aromatic heterocycles. The first kappa shape index (κ1) is 17.4. The van der Waals surface area contributed by atoms with Crippen LogP contribution in [0.4, 0.5) is 0 Å². The van der Waals surface area contributed by atoms with Crippen LogP contribution in [0.25, 0.3) is 0 Å². The molecule has 0 spiro atoms. The van der Waals surface area contributed by atoms with Crippen molar-refractivity contribution in [3.8, 4) is 23.0 Å². The fourth-order valence-corrected chi connectivity index (χ4v) is 2.32. The maximum absolute atomic E-state index is 11.9. The number of hydrogen-bond donors (Lipinski definition) is 2. The number of fused-ring (bicyclic) bond motifs is 1. The van der Waals surface area contributed by atoms with Gasteiger partial charge in [0.05, 0.1) is 7.11 Å². The highest BCUT2D eigenvalue weighted by Crippen LogP contribution is 2.32. The highest BCUT2D eigenvalue weighted by atomic mass is 16.7. The third-order valence-electron chi connectivity index (χ3n) is 3.69. The van der Waals surface area contributed by atoms with Crippen molar-refractivity contribution in [3.63, 3.8) is 0 Å². The second-order valence-corrected chi connectivity index (χ2v) is 5.42. The smallest absolute Gasteiger partial charge is 0.342 e. The van der Waals surface area contributed by atoms with E-state index in [4.69, 9.17) is 18.9 Å². The number of methoxy groups -OCH3 is 1. The Bertz CT molecular complexity index is 834. The molecule has 2 aromatic rings. The van der Waals surface area contributed by atoms with Crippen molar-refractivity contribution in [3.05, 3.63) is 47.5 Å². The normalized spacial score (nSPS) is 11.7. The van der Waals surface area contributed by atoms with E-state index in [1.807, 2.05) is 0 Å². The monoisotopic (exact) mass is 359 g/mol. The molecule has 1 amide bonds. The standard InChI is InChI=1S/C18H17NO7/c1-23-12-3-4-13(14(20)7-12)18(22)24-9-17(21)19-8-11-2-5-15-16(6-11)26-10-25-15/h2-7,20H,8-10H2,1H3,(H,19,21). The van der Waals surface area contributed by atoms with Gasteiger partial charge in [0.1, 0.15) is 17.1 Å². The summed E-state index contributed by atoms with van der Waals surface area (Å²) < 4.78 is 20.3. The lowest BCUT2D eigenvalue weighted by molar-refractivity contribution is -0.124. The molecule has 0 aliphatic carbocycles. The van der Waals surface area contributed by atoms with Crippen molar-refractivity contribution in [1.29, 1.82) is 0 Å². The Morgan fingerprint density at radius 3 is 2.73 bits per heavy atom. The van der Waals surface area contributed by atoms with Gasteiger partial charge < -0.3 is 29.4 Å². The number of amides is 1. The van der Waals surface area contributed by atoms with Gasteiger partial charge in [0.2, 0.25) is 6.79 Å². The fraction of sp³-hybridized carbons (Fsp3) is 0.222. The van der Waals surface area contributed by atoms with Crippen LogP contribution in [0.5, 0.6) is 23.0 Å². The minimum absolute atomic E-state index is 0.0469. The summed E-state index contributed by atoms with van der Waals surface area (Å²) in [7, 11) is 1.44. The molecule has 1 aliphatic rings. The summed E-state index contributed by atoms with van der Waals surface area (Å²) >= 11 is 0. The SMILES string of the molecule is COc1ccc(C(=O)OCC(=O)NCc2ccc3c(c2)OCO3)c(O)c1. The van der Waals surface area contributed by atoms with E-state index in [0.29, 0.717) is 17.2 Å². The first-order valence-electron chi connectivity index (χ1n) is 7.76. The maximum atomic E-state index is 11.9. The summed E-state index contributed by atoms with van der Waals surface area (Å²) in [4.78, 5) is 23.8. The van der Waals surface area contributed by atoms with Crippen LogP contribution in [0.2, 0.25) is 0 Å². The number of phenols is 1. The summed E-state index contributed by atoms with van der Waals surface area (Å²) in [5, 5.41) is 12.4. The van der Waals surface area contributed by atoms with Crippen LogP contribution < -0.4 is 19.5 Å². The number of aromatic hydroxyl groups is 1. The number of nitrogens with one attached hydrogen (secondary N) is 1. The Labute approximate surface area is 149 Å². The topological polar surface area (TPSA) is 103 Å². The Morgan fingerprint density at radius 2 is 1.96 bits per heavy atom. The second-order valence-electron chi connectivity index (χ2n) is 5.42. The third kappa shape index (κ3) is 3.97. The Balaban J connectivity index is 1.48. The van der Waals surface area contributed by atoms with Gasteiger partial charge in [-0.25, -0.2) is 4.79 Å². The molecule has 1 aliphatic heterocycles. The molecule has 0 radical (unpaired) electrons. The van der Waals surface area contributed by atoms with E-state index in [9.17, 15) is 14.7 Å². The first-order chi connectivity index (χ1) is 12.6. The average molecular weight is 359 g/mol. The lowest BCUT2D eigenvalue weighted by Gasteiger charge is -2.09. The van der Waals surface area contributed by atoms with Gasteiger partial charge >= 0.3 is 5.97 Å². The van der Waals surface area contributed by atoms with Gasteiger partial charge in [-0.15, -0.1) is 0 Å². The summed E-state index contributed by atoms with van der Waals surface area (Å²) in [6.07, 6.45) is 0. The van der Waals surface area contributed by atoms with Crippen LogP contribution in [-0.2, 0) is 16.1 Å². The average Bonchev–Trinajstić information content (AvgIpc) is 3.12. The summed E-state index contributed by atoms with van der Waals surface area (Å²) in [6, 6.07) is 9.49. The minimum atomic E-state index is -0.802. The van der Waals surface area contributed by atoms with Gasteiger partial charge in [-0.05, 0) is 29.8 Å². The number of ether oxygens (including phenoxy) is 4. The molecule has 0 saturated heterocycles. The summed E-state index contributed by atoms with van der Waals surface area (Å²) in [5.41, 5.74) is 0.774. The molecule has 0 fully saturated rings. The molecule has 3 rings (SSSR count). The van der Waals surface area contributed by atoms with E-state index in [1.165, 1.54) is 25.3 Å². The molecule has 26 heavy (non-hydrogen) atoms. The number of esters is 1.